The van der Waals surface area contributed by atoms with E-state index in [1.807, 2.05) is 0 Å². The first-order valence-corrected chi connectivity index (χ1v) is 4.74. The van der Waals surface area contributed by atoms with E-state index in [2.05, 4.69) is 0 Å². The average molecular weight is 262 g/mol. The van der Waals surface area contributed by atoms with E-state index >= 15 is 0 Å². The SMILES string of the molecule is CC(=O)N(C)c1ccc(C(F)(F)F)cc1[N+](=O)[O-]. The number of hydrogen-bond donors (Lipinski definition) is 0. The van der Waals surface area contributed by atoms with Gasteiger partial charge in [-0.05, 0) is 12.1 Å². The molecule has 0 spiro atoms. The second-order valence-electron chi connectivity index (χ2n) is 3.54. The summed E-state index contributed by atoms with van der Waals surface area (Å²) >= 11 is 0. The lowest BCUT2D eigenvalue weighted by Crippen LogP contribution is -2.24. The second kappa shape index (κ2) is 4.63. The molecule has 0 aliphatic heterocycles. The molecule has 0 heterocycles. The van der Waals surface area contributed by atoms with Crippen molar-refractivity contribution in [3.8, 4) is 0 Å². The fourth-order valence-electron chi connectivity index (χ4n) is 1.30. The first-order valence-electron chi connectivity index (χ1n) is 4.74. The predicted molar refractivity (Wildman–Crippen MR) is 57.2 cm³/mol. The van der Waals surface area contributed by atoms with Crippen molar-refractivity contribution in [2.24, 2.45) is 0 Å². The van der Waals surface area contributed by atoms with Crippen LogP contribution in [0.15, 0.2) is 18.2 Å². The number of hydrogen-bond acceptors (Lipinski definition) is 3. The molecule has 0 saturated heterocycles. The third-order valence-corrected chi connectivity index (χ3v) is 2.33. The molecule has 18 heavy (non-hydrogen) atoms. The van der Waals surface area contributed by atoms with Crippen LogP contribution in [0.4, 0.5) is 24.5 Å². The van der Waals surface area contributed by atoms with Gasteiger partial charge in [-0.15, -0.1) is 0 Å². The Labute approximate surface area is 100.0 Å². The summed E-state index contributed by atoms with van der Waals surface area (Å²) in [5, 5.41) is 10.7. The number of carbonyl (C=O) groups excluding carboxylic acids is 1. The summed E-state index contributed by atoms with van der Waals surface area (Å²) in [4.78, 5) is 21.8. The minimum atomic E-state index is -4.67. The van der Waals surface area contributed by atoms with Gasteiger partial charge in [0.15, 0.2) is 0 Å². The Kier molecular flexibility index (Phi) is 3.59. The number of halogens is 3. The molecule has 0 N–H and O–H groups in total. The molecule has 0 atom stereocenters. The summed E-state index contributed by atoms with van der Waals surface area (Å²) in [7, 11) is 1.25. The van der Waals surface area contributed by atoms with Gasteiger partial charge < -0.3 is 4.90 Å². The monoisotopic (exact) mass is 262 g/mol. The zero-order valence-corrected chi connectivity index (χ0v) is 9.49. The van der Waals surface area contributed by atoms with Gasteiger partial charge >= 0.3 is 6.18 Å². The summed E-state index contributed by atoms with van der Waals surface area (Å²) in [5.41, 5.74) is -2.07. The molecular formula is C10H9F3N2O3. The van der Waals surface area contributed by atoms with Gasteiger partial charge in [0.1, 0.15) is 5.69 Å². The van der Waals surface area contributed by atoms with Gasteiger partial charge in [-0.1, -0.05) is 0 Å². The van der Waals surface area contributed by atoms with Crippen molar-refractivity contribution in [3.05, 3.63) is 33.9 Å². The Balaban J connectivity index is 3.39. The van der Waals surface area contributed by atoms with E-state index in [4.69, 9.17) is 0 Å². The lowest BCUT2D eigenvalue weighted by atomic mass is 10.1. The van der Waals surface area contributed by atoms with Crippen molar-refractivity contribution in [2.75, 3.05) is 11.9 Å². The van der Waals surface area contributed by atoms with Crippen LogP contribution in [0.1, 0.15) is 12.5 Å². The van der Waals surface area contributed by atoms with Crippen LogP contribution in [0.3, 0.4) is 0 Å². The Bertz CT molecular complexity index is 500. The number of carbonyl (C=O) groups is 1. The minimum Gasteiger partial charge on any atom is -0.310 e. The van der Waals surface area contributed by atoms with Crippen molar-refractivity contribution < 1.29 is 22.9 Å². The number of anilines is 1. The van der Waals surface area contributed by atoms with Crippen LogP contribution < -0.4 is 4.90 Å². The molecule has 5 nitrogen and oxygen atoms in total. The standard InChI is InChI=1S/C10H9F3N2O3/c1-6(16)14(2)8-4-3-7(10(11,12)13)5-9(8)15(17)18/h3-5H,1-2H3. The molecule has 1 aromatic rings. The van der Waals surface area contributed by atoms with E-state index in [-0.39, 0.29) is 5.69 Å². The van der Waals surface area contributed by atoms with Gasteiger partial charge in [0.05, 0.1) is 10.5 Å². The first kappa shape index (κ1) is 13.9. The molecule has 1 aromatic carbocycles. The number of alkyl halides is 3. The molecule has 8 heteroatoms. The van der Waals surface area contributed by atoms with Crippen molar-refractivity contribution in [1.82, 2.24) is 0 Å². The number of nitrogens with zero attached hydrogens (tertiary/aromatic N) is 2. The van der Waals surface area contributed by atoms with Gasteiger partial charge in [0.2, 0.25) is 5.91 Å². The van der Waals surface area contributed by atoms with Crippen LogP contribution in [-0.4, -0.2) is 17.9 Å². The lowest BCUT2D eigenvalue weighted by Gasteiger charge is -2.16. The number of benzene rings is 1. The molecule has 98 valence electrons. The largest absolute Gasteiger partial charge is 0.416 e. The molecule has 1 amide bonds. The number of rotatable bonds is 2. The maximum absolute atomic E-state index is 12.4. The highest BCUT2D eigenvalue weighted by atomic mass is 19.4. The maximum atomic E-state index is 12.4. The van der Waals surface area contributed by atoms with E-state index < -0.39 is 28.3 Å². The van der Waals surface area contributed by atoms with Crippen LogP contribution in [0.2, 0.25) is 0 Å². The molecule has 0 aliphatic carbocycles. The highest BCUT2D eigenvalue weighted by Crippen LogP contribution is 2.36. The van der Waals surface area contributed by atoms with E-state index in [1.165, 1.54) is 7.05 Å². The van der Waals surface area contributed by atoms with Crippen molar-refractivity contribution >= 4 is 17.3 Å². The average Bonchev–Trinajstić information content (AvgIpc) is 2.25. The summed E-state index contributed by atoms with van der Waals surface area (Å²) in [5.74, 6) is -0.516. The topological polar surface area (TPSA) is 63.5 Å². The van der Waals surface area contributed by atoms with Crippen LogP contribution in [0.5, 0.6) is 0 Å². The predicted octanol–water partition coefficient (Wildman–Crippen LogP) is 2.60. The van der Waals surface area contributed by atoms with Crippen molar-refractivity contribution in [3.63, 3.8) is 0 Å². The van der Waals surface area contributed by atoms with E-state index in [9.17, 15) is 28.1 Å². The van der Waals surface area contributed by atoms with Crippen LogP contribution >= 0.6 is 0 Å². The zero-order valence-electron chi connectivity index (χ0n) is 9.49. The van der Waals surface area contributed by atoms with Crippen LogP contribution in [0.25, 0.3) is 0 Å². The quantitative estimate of drug-likeness (QED) is 0.607. The third-order valence-electron chi connectivity index (χ3n) is 2.33. The Morgan fingerprint density at radius 3 is 2.33 bits per heavy atom. The van der Waals surface area contributed by atoms with Gasteiger partial charge in [-0.25, -0.2) is 0 Å². The summed E-state index contributed by atoms with van der Waals surface area (Å²) in [6.45, 7) is 1.15. The number of amides is 1. The van der Waals surface area contributed by atoms with E-state index in [1.54, 1.807) is 0 Å². The normalized spacial score (nSPS) is 11.2. The van der Waals surface area contributed by atoms with E-state index in [0.717, 1.165) is 17.9 Å². The molecule has 0 radical (unpaired) electrons. The summed E-state index contributed by atoms with van der Waals surface area (Å²) in [6.07, 6.45) is -4.67. The van der Waals surface area contributed by atoms with Gasteiger partial charge in [0.25, 0.3) is 5.69 Å². The molecule has 1 rings (SSSR count). The molecule has 0 saturated carbocycles. The summed E-state index contributed by atoms with van der Waals surface area (Å²) < 4.78 is 37.3. The lowest BCUT2D eigenvalue weighted by molar-refractivity contribution is -0.384. The highest BCUT2D eigenvalue weighted by Gasteiger charge is 2.33. The first-order chi connectivity index (χ1) is 8.14. The Hall–Kier alpha value is -2.12. The third kappa shape index (κ3) is 2.76. The smallest absolute Gasteiger partial charge is 0.310 e. The van der Waals surface area contributed by atoms with E-state index in [0.29, 0.717) is 12.1 Å². The fourth-order valence-corrected chi connectivity index (χ4v) is 1.30. The maximum Gasteiger partial charge on any atom is 0.416 e. The Morgan fingerprint density at radius 2 is 1.94 bits per heavy atom. The molecule has 0 bridgehead atoms. The van der Waals surface area contributed by atoms with Crippen LogP contribution in [0, 0.1) is 10.1 Å². The minimum absolute atomic E-state index is 0.180. The van der Waals surface area contributed by atoms with Crippen molar-refractivity contribution in [1.29, 1.82) is 0 Å². The second-order valence-corrected chi connectivity index (χ2v) is 3.54. The molecule has 0 unspecified atom stereocenters. The molecule has 0 aromatic heterocycles. The zero-order chi connectivity index (χ0) is 14.1. The Morgan fingerprint density at radius 1 is 1.39 bits per heavy atom. The molecule has 0 fully saturated rings. The fraction of sp³-hybridized carbons (Fsp3) is 0.300. The number of nitro groups is 1. The highest BCUT2D eigenvalue weighted by molar-refractivity contribution is 5.93. The van der Waals surface area contributed by atoms with Crippen molar-refractivity contribution in [2.45, 2.75) is 13.1 Å². The summed E-state index contributed by atoms with van der Waals surface area (Å²) in [6, 6.07) is 2.01. The number of nitro benzene ring substituents is 1. The molecule has 0 aliphatic rings. The van der Waals surface area contributed by atoms with Gasteiger partial charge in [-0.2, -0.15) is 13.2 Å². The van der Waals surface area contributed by atoms with Gasteiger partial charge in [0, 0.05) is 20.0 Å². The van der Waals surface area contributed by atoms with Gasteiger partial charge in [-0.3, -0.25) is 14.9 Å². The van der Waals surface area contributed by atoms with Crippen LogP contribution in [-0.2, 0) is 11.0 Å². The molecular weight excluding hydrogens is 253 g/mol.